The van der Waals surface area contributed by atoms with Crippen LogP contribution in [0.3, 0.4) is 0 Å². The number of hydrazine groups is 1. The zero-order valence-corrected chi connectivity index (χ0v) is 8.09. The Morgan fingerprint density at radius 1 is 1.17 bits per heavy atom. The minimum Gasteiger partial charge on any atom is -0.324 e. The van der Waals surface area contributed by atoms with Crippen LogP contribution < -0.4 is 11.3 Å². The minimum absolute atomic E-state index is 0.956. The number of nitrogens with two attached hydrogens (primary N) is 1. The Balaban J connectivity index is 0.000000561. The average Bonchev–Trinajstić information content (AvgIpc) is 2.21. The molecule has 0 saturated heterocycles. The first-order valence-corrected chi connectivity index (χ1v) is 4.42. The van der Waals surface area contributed by atoms with Crippen LogP contribution in [0.5, 0.6) is 0 Å². The monoisotopic (exact) mass is 166 g/mol. The van der Waals surface area contributed by atoms with Crippen LogP contribution in [0.25, 0.3) is 0 Å². The third kappa shape index (κ3) is 3.39. The number of benzene rings is 1. The molecule has 12 heavy (non-hydrogen) atoms. The van der Waals surface area contributed by atoms with Gasteiger partial charge in [0.15, 0.2) is 0 Å². The second-order valence-electron chi connectivity index (χ2n) is 2.19. The zero-order valence-electron chi connectivity index (χ0n) is 8.09. The first-order valence-electron chi connectivity index (χ1n) is 4.42. The Labute approximate surface area is 74.8 Å². The predicted molar refractivity (Wildman–Crippen MR) is 55.0 cm³/mol. The Hall–Kier alpha value is -1.02. The van der Waals surface area contributed by atoms with Gasteiger partial charge < -0.3 is 5.43 Å². The van der Waals surface area contributed by atoms with E-state index in [9.17, 15) is 0 Å². The summed E-state index contributed by atoms with van der Waals surface area (Å²) in [4.78, 5) is 0. The molecule has 68 valence electrons. The Morgan fingerprint density at radius 2 is 1.67 bits per heavy atom. The summed E-state index contributed by atoms with van der Waals surface area (Å²) in [6, 6.07) is 8.07. The third-order valence-corrected chi connectivity index (χ3v) is 1.53. The third-order valence-electron chi connectivity index (χ3n) is 1.53. The van der Waals surface area contributed by atoms with Crippen molar-refractivity contribution in [3.8, 4) is 0 Å². The van der Waals surface area contributed by atoms with Crippen molar-refractivity contribution in [3.05, 3.63) is 29.8 Å². The van der Waals surface area contributed by atoms with Gasteiger partial charge in [-0.3, -0.25) is 5.84 Å². The quantitative estimate of drug-likeness (QED) is 0.523. The molecule has 0 fully saturated rings. The highest BCUT2D eigenvalue weighted by Crippen LogP contribution is 2.07. The molecule has 0 spiro atoms. The van der Waals surface area contributed by atoms with Gasteiger partial charge in [-0.2, -0.15) is 0 Å². The summed E-state index contributed by atoms with van der Waals surface area (Å²) >= 11 is 0. The molecule has 1 rings (SSSR count). The molecule has 0 aliphatic heterocycles. The van der Waals surface area contributed by atoms with Gasteiger partial charge in [-0.05, 0) is 24.1 Å². The van der Waals surface area contributed by atoms with E-state index in [-0.39, 0.29) is 0 Å². The molecule has 0 saturated carbocycles. The summed E-state index contributed by atoms with van der Waals surface area (Å²) in [5, 5.41) is 0. The highest BCUT2D eigenvalue weighted by molar-refractivity contribution is 5.43. The fraction of sp³-hybridized carbons (Fsp3) is 0.400. The molecule has 0 bridgehead atoms. The van der Waals surface area contributed by atoms with Crippen molar-refractivity contribution < 1.29 is 0 Å². The van der Waals surface area contributed by atoms with Gasteiger partial charge >= 0.3 is 0 Å². The van der Waals surface area contributed by atoms with Gasteiger partial charge in [0.25, 0.3) is 0 Å². The van der Waals surface area contributed by atoms with Crippen LogP contribution >= 0.6 is 0 Å². The Bertz CT molecular complexity index is 168. The van der Waals surface area contributed by atoms with E-state index in [2.05, 4.69) is 24.5 Å². The topological polar surface area (TPSA) is 38.0 Å². The predicted octanol–water partition coefficient (Wildman–Crippen LogP) is 2.56. The summed E-state index contributed by atoms with van der Waals surface area (Å²) in [7, 11) is 0. The standard InChI is InChI=1S/C8H12N2.C2H6/c1-2-7-3-5-8(10-9)6-4-7;1-2/h3-6,10H,2,9H2,1H3;1-2H3. The normalized spacial score (nSPS) is 8.33. The van der Waals surface area contributed by atoms with Crippen LogP contribution in [0.1, 0.15) is 26.3 Å². The molecule has 3 N–H and O–H groups in total. The maximum absolute atomic E-state index is 5.19. The number of hydrogen-bond donors (Lipinski definition) is 2. The smallest absolute Gasteiger partial charge is 0.0485 e. The van der Waals surface area contributed by atoms with Gasteiger partial charge in [0.2, 0.25) is 0 Å². The van der Waals surface area contributed by atoms with Crippen molar-refractivity contribution in [2.45, 2.75) is 27.2 Å². The fourth-order valence-corrected chi connectivity index (χ4v) is 0.837. The number of hydrogen-bond acceptors (Lipinski definition) is 2. The van der Waals surface area contributed by atoms with Crippen LogP contribution in [0.2, 0.25) is 0 Å². The van der Waals surface area contributed by atoms with Gasteiger partial charge in [0.05, 0.1) is 0 Å². The Morgan fingerprint density at radius 3 is 2.00 bits per heavy atom. The van der Waals surface area contributed by atoms with E-state index in [1.54, 1.807) is 0 Å². The fourth-order valence-electron chi connectivity index (χ4n) is 0.837. The van der Waals surface area contributed by atoms with Gasteiger partial charge in [-0.15, -0.1) is 0 Å². The van der Waals surface area contributed by atoms with Crippen molar-refractivity contribution >= 4 is 5.69 Å². The molecule has 0 radical (unpaired) electrons. The average molecular weight is 166 g/mol. The van der Waals surface area contributed by atoms with Crippen molar-refractivity contribution in [3.63, 3.8) is 0 Å². The van der Waals surface area contributed by atoms with Crippen molar-refractivity contribution in [2.75, 3.05) is 5.43 Å². The van der Waals surface area contributed by atoms with E-state index < -0.39 is 0 Å². The van der Waals surface area contributed by atoms with Crippen molar-refractivity contribution in [2.24, 2.45) is 5.84 Å². The van der Waals surface area contributed by atoms with Crippen LogP contribution in [0.15, 0.2) is 24.3 Å². The molecule has 0 aliphatic carbocycles. The van der Waals surface area contributed by atoms with E-state index >= 15 is 0 Å². The molecular formula is C10H18N2. The lowest BCUT2D eigenvalue weighted by atomic mass is 10.2. The van der Waals surface area contributed by atoms with E-state index in [1.165, 1.54) is 5.56 Å². The highest BCUT2D eigenvalue weighted by atomic mass is 15.2. The number of aryl methyl sites for hydroxylation is 1. The molecule has 1 aromatic rings. The number of nitrogens with one attached hydrogen (secondary N) is 1. The minimum atomic E-state index is 0.956. The largest absolute Gasteiger partial charge is 0.324 e. The second-order valence-corrected chi connectivity index (χ2v) is 2.19. The molecule has 0 aromatic heterocycles. The van der Waals surface area contributed by atoms with Crippen LogP contribution in [0, 0.1) is 0 Å². The molecule has 0 amide bonds. The molecule has 0 aliphatic rings. The van der Waals surface area contributed by atoms with E-state index in [0.717, 1.165) is 12.1 Å². The zero-order chi connectivity index (χ0) is 9.40. The summed E-state index contributed by atoms with van der Waals surface area (Å²) in [6.45, 7) is 6.13. The number of nitrogen functional groups attached to an aromatic ring is 1. The lowest BCUT2D eigenvalue weighted by Crippen LogP contribution is -2.06. The molecule has 0 unspecified atom stereocenters. The lowest BCUT2D eigenvalue weighted by molar-refractivity contribution is 1.14. The molecular weight excluding hydrogens is 148 g/mol. The van der Waals surface area contributed by atoms with Gasteiger partial charge in [0.1, 0.15) is 0 Å². The maximum Gasteiger partial charge on any atom is 0.0485 e. The van der Waals surface area contributed by atoms with Crippen LogP contribution in [0.4, 0.5) is 5.69 Å². The SMILES string of the molecule is CC.CCc1ccc(NN)cc1. The molecule has 2 heteroatoms. The number of rotatable bonds is 2. The molecule has 0 heterocycles. The molecule has 2 nitrogen and oxygen atoms in total. The van der Waals surface area contributed by atoms with Crippen molar-refractivity contribution in [1.82, 2.24) is 0 Å². The van der Waals surface area contributed by atoms with E-state index in [1.807, 2.05) is 26.0 Å². The number of anilines is 1. The summed E-state index contributed by atoms with van der Waals surface area (Å²) < 4.78 is 0. The summed E-state index contributed by atoms with van der Waals surface area (Å²) in [6.07, 6.45) is 1.07. The Kier molecular flexibility index (Phi) is 6.11. The summed E-state index contributed by atoms with van der Waals surface area (Å²) in [5.41, 5.74) is 4.87. The highest BCUT2D eigenvalue weighted by Gasteiger charge is 1.87. The van der Waals surface area contributed by atoms with E-state index in [0.29, 0.717) is 0 Å². The second kappa shape index (κ2) is 6.68. The van der Waals surface area contributed by atoms with E-state index in [4.69, 9.17) is 5.84 Å². The molecule has 0 atom stereocenters. The van der Waals surface area contributed by atoms with Crippen molar-refractivity contribution in [1.29, 1.82) is 0 Å². The van der Waals surface area contributed by atoms with Crippen LogP contribution in [-0.4, -0.2) is 0 Å². The molecule has 1 aromatic carbocycles. The summed E-state index contributed by atoms with van der Waals surface area (Å²) in [5.74, 6) is 5.19. The first-order chi connectivity index (χ1) is 5.86. The van der Waals surface area contributed by atoms with Gasteiger partial charge in [-0.25, -0.2) is 0 Å². The first kappa shape index (κ1) is 11.0. The lowest BCUT2D eigenvalue weighted by Gasteiger charge is -1.99. The van der Waals surface area contributed by atoms with Crippen LogP contribution in [-0.2, 0) is 6.42 Å². The maximum atomic E-state index is 5.19. The van der Waals surface area contributed by atoms with Gasteiger partial charge in [-0.1, -0.05) is 32.9 Å². The van der Waals surface area contributed by atoms with Gasteiger partial charge in [0, 0.05) is 5.69 Å².